The van der Waals surface area contributed by atoms with Crippen LogP contribution in [0.3, 0.4) is 0 Å². The molecule has 3 amide bonds. The van der Waals surface area contributed by atoms with Gasteiger partial charge in [-0.25, -0.2) is 9.59 Å². The molecule has 0 aliphatic carbocycles. The number of nitrogens with zero attached hydrogens (tertiary/aromatic N) is 1. The van der Waals surface area contributed by atoms with Crippen molar-refractivity contribution in [3.8, 4) is 11.5 Å². The number of carbonyl (C=O) groups is 2. The Kier molecular flexibility index (Phi) is 3.86. The molecule has 8 heteroatoms. The van der Waals surface area contributed by atoms with Crippen molar-refractivity contribution >= 4 is 22.9 Å². The maximum absolute atomic E-state index is 13.3. The Morgan fingerprint density at radius 2 is 1.83 bits per heavy atom. The van der Waals surface area contributed by atoms with Gasteiger partial charge in [0, 0.05) is 11.5 Å². The molecule has 1 saturated heterocycles. The number of urea groups is 1. The molecule has 0 radical (unpaired) electrons. The molecule has 0 spiro atoms. The lowest BCUT2D eigenvalue weighted by atomic mass is 9.91. The zero-order valence-corrected chi connectivity index (χ0v) is 16.4. The molecule has 2 aliphatic heterocycles. The van der Waals surface area contributed by atoms with Crippen LogP contribution in [0.1, 0.15) is 23.6 Å². The van der Waals surface area contributed by atoms with Gasteiger partial charge < -0.3 is 19.2 Å². The van der Waals surface area contributed by atoms with Gasteiger partial charge in [0.2, 0.25) is 6.79 Å². The number of rotatable bonds is 3. The predicted octanol–water partition coefficient (Wildman–Crippen LogP) is 2.80. The number of imide groups is 1. The molecule has 1 atom stereocenters. The lowest BCUT2D eigenvalue weighted by molar-refractivity contribution is -0.131. The van der Waals surface area contributed by atoms with Crippen molar-refractivity contribution in [3.63, 3.8) is 0 Å². The number of hydrogen-bond acceptors (Lipinski definition) is 6. The Morgan fingerprint density at radius 1 is 1.03 bits per heavy atom. The lowest BCUT2D eigenvalue weighted by Gasteiger charge is -2.22. The van der Waals surface area contributed by atoms with Crippen molar-refractivity contribution in [2.45, 2.75) is 25.9 Å². The molecule has 152 valence electrons. The van der Waals surface area contributed by atoms with E-state index in [4.69, 9.17) is 13.9 Å². The summed E-state index contributed by atoms with van der Waals surface area (Å²) in [7, 11) is 0. The second kappa shape index (κ2) is 6.35. The van der Waals surface area contributed by atoms with E-state index in [0.717, 1.165) is 10.5 Å². The third-order valence-corrected chi connectivity index (χ3v) is 5.54. The Labute approximate surface area is 171 Å². The second-order valence-corrected chi connectivity index (χ2v) is 7.60. The first-order valence-corrected chi connectivity index (χ1v) is 9.43. The van der Waals surface area contributed by atoms with E-state index in [1.54, 1.807) is 31.2 Å². The molecule has 2 aliphatic rings. The van der Waals surface area contributed by atoms with E-state index in [9.17, 15) is 14.4 Å². The zero-order chi connectivity index (χ0) is 21.0. The molecule has 1 aromatic heterocycles. The van der Waals surface area contributed by atoms with Crippen LogP contribution < -0.4 is 20.4 Å². The van der Waals surface area contributed by atoms with E-state index >= 15 is 0 Å². The summed E-state index contributed by atoms with van der Waals surface area (Å²) in [6, 6.07) is 11.4. The predicted molar refractivity (Wildman–Crippen MR) is 106 cm³/mol. The van der Waals surface area contributed by atoms with Gasteiger partial charge in [0.05, 0.1) is 6.54 Å². The molecular weight excluding hydrogens is 388 g/mol. The maximum Gasteiger partial charge on any atom is 0.336 e. The lowest BCUT2D eigenvalue weighted by Crippen LogP contribution is -2.40. The quantitative estimate of drug-likeness (QED) is 0.531. The van der Waals surface area contributed by atoms with Crippen LogP contribution in [-0.4, -0.2) is 23.6 Å². The zero-order valence-electron chi connectivity index (χ0n) is 16.4. The maximum atomic E-state index is 13.3. The minimum atomic E-state index is -1.26. The Balaban J connectivity index is 1.51. The van der Waals surface area contributed by atoms with Gasteiger partial charge in [0.1, 0.15) is 11.1 Å². The first-order valence-electron chi connectivity index (χ1n) is 9.43. The third kappa shape index (κ3) is 2.72. The SMILES string of the molecule is Cc1ccc2c(CN3C(=O)N[C@@](C)(c4ccc5c(c4)OCO5)C3=O)cc(=O)oc2c1. The third-order valence-electron chi connectivity index (χ3n) is 5.54. The minimum Gasteiger partial charge on any atom is -0.454 e. The van der Waals surface area contributed by atoms with Gasteiger partial charge in [-0.15, -0.1) is 0 Å². The number of ether oxygens (including phenoxy) is 2. The summed E-state index contributed by atoms with van der Waals surface area (Å²) in [5.74, 6) is 0.699. The summed E-state index contributed by atoms with van der Waals surface area (Å²) in [6.45, 7) is 3.60. The molecule has 0 bridgehead atoms. The molecule has 3 aromatic rings. The summed E-state index contributed by atoms with van der Waals surface area (Å²) in [5, 5.41) is 3.45. The van der Waals surface area contributed by atoms with Crippen LogP contribution in [0.15, 0.2) is 51.7 Å². The van der Waals surface area contributed by atoms with Gasteiger partial charge in [0.25, 0.3) is 5.91 Å². The van der Waals surface area contributed by atoms with E-state index in [1.807, 2.05) is 19.1 Å². The van der Waals surface area contributed by atoms with E-state index in [-0.39, 0.29) is 13.3 Å². The Bertz CT molecular complexity index is 1280. The van der Waals surface area contributed by atoms with Gasteiger partial charge >= 0.3 is 11.7 Å². The number of benzene rings is 2. The van der Waals surface area contributed by atoms with E-state index in [0.29, 0.717) is 33.6 Å². The number of hydrogen-bond donors (Lipinski definition) is 1. The summed E-state index contributed by atoms with van der Waals surface area (Å²) in [5.41, 5.74) is 0.689. The number of nitrogens with one attached hydrogen (secondary N) is 1. The number of amides is 3. The fourth-order valence-corrected chi connectivity index (χ4v) is 3.88. The normalized spacial score (nSPS) is 20.1. The van der Waals surface area contributed by atoms with Crippen molar-refractivity contribution in [1.82, 2.24) is 10.2 Å². The van der Waals surface area contributed by atoms with Crippen molar-refractivity contribution in [2.24, 2.45) is 0 Å². The van der Waals surface area contributed by atoms with Crippen LogP contribution in [0.4, 0.5) is 4.79 Å². The van der Waals surface area contributed by atoms with Gasteiger partial charge in [0.15, 0.2) is 11.5 Å². The molecule has 0 saturated carbocycles. The van der Waals surface area contributed by atoms with E-state index in [1.165, 1.54) is 6.07 Å². The van der Waals surface area contributed by atoms with E-state index < -0.39 is 23.1 Å². The molecule has 1 N–H and O–H groups in total. The van der Waals surface area contributed by atoms with Crippen molar-refractivity contribution in [2.75, 3.05) is 6.79 Å². The van der Waals surface area contributed by atoms with Gasteiger partial charge in [-0.05, 0) is 48.7 Å². The molecule has 5 rings (SSSR count). The van der Waals surface area contributed by atoms with Crippen molar-refractivity contribution in [1.29, 1.82) is 0 Å². The van der Waals surface area contributed by atoms with Crippen LogP contribution >= 0.6 is 0 Å². The van der Waals surface area contributed by atoms with Crippen LogP contribution in [0.2, 0.25) is 0 Å². The molecule has 0 unspecified atom stereocenters. The smallest absolute Gasteiger partial charge is 0.336 e. The number of aryl methyl sites for hydroxylation is 1. The van der Waals surface area contributed by atoms with Crippen LogP contribution in [0.25, 0.3) is 11.0 Å². The summed E-state index contributed by atoms with van der Waals surface area (Å²) < 4.78 is 16.0. The summed E-state index contributed by atoms with van der Waals surface area (Å²) in [6.07, 6.45) is 0. The Hall–Kier alpha value is -3.81. The fraction of sp³-hybridized carbons (Fsp3) is 0.227. The molecule has 30 heavy (non-hydrogen) atoms. The number of fused-ring (bicyclic) bond motifs is 2. The van der Waals surface area contributed by atoms with Crippen LogP contribution in [0, 0.1) is 6.92 Å². The fourth-order valence-electron chi connectivity index (χ4n) is 3.88. The largest absolute Gasteiger partial charge is 0.454 e. The summed E-state index contributed by atoms with van der Waals surface area (Å²) in [4.78, 5) is 39.1. The average Bonchev–Trinajstić information content (AvgIpc) is 3.25. The highest BCUT2D eigenvalue weighted by Crippen LogP contribution is 2.38. The molecule has 8 nitrogen and oxygen atoms in total. The highest BCUT2D eigenvalue weighted by atomic mass is 16.7. The van der Waals surface area contributed by atoms with Gasteiger partial charge in [-0.1, -0.05) is 18.2 Å². The second-order valence-electron chi connectivity index (χ2n) is 7.60. The molecule has 3 heterocycles. The number of carbonyl (C=O) groups excluding carboxylic acids is 2. The Morgan fingerprint density at radius 3 is 2.67 bits per heavy atom. The average molecular weight is 406 g/mol. The monoisotopic (exact) mass is 406 g/mol. The van der Waals surface area contributed by atoms with Gasteiger partial charge in [-0.2, -0.15) is 0 Å². The van der Waals surface area contributed by atoms with Crippen LogP contribution in [-0.2, 0) is 16.9 Å². The summed E-state index contributed by atoms with van der Waals surface area (Å²) >= 11 is 0. The molecule has 1 fully saturated rings. The first-order chi connectivity index (χ1) is 14.3. The standard InChI is InChI=1S/C22H18N2O6/c1-12-3-5-15-13(8-19(25)30-17(15)7-12)10-24-20(26)22(2,23-21(24)27)14-4-6-16-18(9-14)29-11-28-16/h3-9H,10-11H2,1-2H3,(H,23,27)/t22-/m0/s1. The highest BCUT2D eigenvalue weighted by Gasteiger charge is 2.49. The van der Waals surface area contributed by atoms with Crippen molar-refractivity contribution in [3.05, 3.63) is 69.6 Å². The van der Waals surface area contributed by atoms with E-state index in [2.05, 4.69) is 5.32 Å². The van der Waals surface area contributed by atoms with Gasteiger partial charge in [-0.3, -0.25) is 9.69 Å². The first kappa shape index (κ1) is 18.2. The highest BCUT2D eigenvalue weighted by molar-refractivity contribution is 6.07. The molecule has 2 aromatic carbocycles. The van der Waals surface area contributed by atoms with Crippen LogP contribution in [0.5, 0.6) is 11.5 Å². The topological polar surface area (TPSA) is 98.1 Å². The van der Waals surface area contributed by atoms with Crippen molar-refractivity contribution < 1.29 is 23.5 Å². The minimum absolute atomic E-state index is 0.0457. The molecular formula is C22H18N2O6.